The number of rotatable bonds is 1. The number of hydrogen-bond acceptors (Lipinski definition) is 1. The highest BCUT2D eigenvalue weighted by Crippen LogP contribution is 2.24. The van der Waals surface area contributed by atoms with E-state index in [1.165, 1.54) is 12.3 Å². The second-order valence-corrected chi connectivity index (χ2v) is 2.00. The minimum atomic E-state index is -2.55. The van der Waals surface area contributed by atoms with Gasteiger partial charge in [0.1, 0.15) is 6.20 Å². The topological polar surface area (TPSA) is 12.9 Å². The summed E-state index contributed by atoms with van der Waals surface area (Å²) in [4.78, 5) is 3.44. The summed E-state index contributed by atoms with van der Waals surface area (Å²) in [5.41, 5.74) is -0.225. The molecule has 53 valence electrons. The zero-order valence-corrected chi connectivity index (χ0v) is 5.57. The molecule has 0 amide bonds. The van der Waals surface area contributed by atoms with Gasteiger partial charge < -0.3 is 0 Å². The van der Waals surface area contributed by atoms with Crippen LogP contribution in [0.5, 0.6) is 0 Å². The Bertz CT molecular complexity index is 227. The fourth-order valence-corrected chi connectivity index (χ4v) is 0.712. The Kier molecular flexibility index (Phi) is 2.17. The number of aromatic nitrogens is 1. The standard InChI is InChI=1S/C6H3ClF2N/c7-5-3-10-2-1-4(5)6(8)9/h1-2,6H. The third-order valence-electron chi connectivity index (χ3n) is 0.980. The van der Waals surface area contributed by atoms with E-state index in [1.54, 1.807) is 0 Å². The van der Waals surface area contributed by atoms with Crippen molar-refractivity contribution in [1.82, 2.24) is 4.98 Å². The summed E-state index contributed by atoms with van der Waals surface area (Å²) in [7, 11) is 0. The molecule has 0 spiro atoms. The molecule has 1 rings (SSSR count). The molecule has 1 heterocycles. The summed E-state index contributed by atoms with van der Waals surface area (Å²) >= 11 is 5.32. The van der Waals surface area contributed by atoms with Crippen molar-refractivity contribution in [2.75, 3.05) is 0 Å². The lowest BCUT2D eigenvalue weighted by Gasteiger charge is -1.98. The lowest BCUT2D eigenvalue weighted by atomic mass is 10.3. The van der Waals surface area contributed by atoms with Crippen LogP contribution >= 0.6 is 11.6 Å². The summed E-state index contributed by atoms with van der Waals surface area (Å²) < 4.78 is 23.8. The first-order valence-corrected chi connectivity index (χ1v) is 2.90. The fraction of sp³-hybridized carbons (Fsp3) is 0.167. The average Bonchev–Trinajstić information content (AvgIpc) is 1.88. The van der Waals surface area contributed by atoms with Crippen molar-refractivity contribution in [3.63, 3.8) is 0 Å². The molecule has 0 bridgehead atoms. The minimum Gasteiger partial charge on any atom is -0.253 e. The van der Waals surface area contributed by atoms with Crippen molar-refractivity contribution in [3.05, 3.63) is 29.0 Å². The lowest BCUT2D eigenvalue weighted by molar-refractivity contribution is 0.151. The predicted octanol–water partition coefficient (Wildman–Crippen LogP) is 2.47. The van der Waals surface area contributed by atoms with Crippen molar-refractivity contribution >= 4 is 11.6 Å². The van der Waals surface area contributed by atoms with Gasteiger partial charge in [-0.2, -0.15) is 0 Å². The van der Waals surface area contributed by atoms with Gasteiger partial charge in [0, 0.05) is 11.8 Å². The Morgan fingerprint density at radius 2 is 2.30 bits per heavy atom. The summed E-state index contributed by atoms with van der Waals surface area (Å²) in [6, 6.07) is 1.17. The Labute approximate surface area is 61.7 Å². The molecule has 0 aromatic carbocycles. The number of hydrogen-bond donors (Lipinski definition) is 0. The molecule has 0 unspecified atom stereocenters. The third-order valence-corrected chi connectivity index (χ3v) is 1.28. The normalized spacial score (nSPS) is 10.4. The Balaban J connectivity index is 3.03. The van der Waals surface area contributed by atoms with Gasteiger partial charge in [0.05, 0.1) is 5.02 Å². The molecule has 4 heteroatoms. The zero-order valence-electron chi connectivity index (χ0n) is 4.81. The first kappa shape index (κ1) is 7.41. The van der Waals surface area contributed by atoms with E-state index in [1.807, 2.05) is 0 Å². The van der Waals surface area contributed by atoms with Crippen LogP contribution in [0.15, 0.2) is 12.3 Å². The summed E-state index contributed by atoms with van der Waals surface area (Å²) in [5, 5.41) is -0.113. The van der Waals surface area contributed by atoms with E-state index in [0.717, 1.165) is 0 Å². The van der Waals surface area contributed by atoms with E-state index >= 15 is 0 Å². The van der Waals surface area contributed by atoms with Crippen LogP contribution in [0.3, 0.4) is 0 Å². The van der Waals surface area contributed by atoms with E-state index < -0.39 is 6.43 Å². The number of halogens is 3. The minimum absolute atomic E-state index is 0.113. The maximum atomic E-state index is 11.9. The third kappa shape index (κ3) is 1.42. The summed E-state index contributed by atoms with van der Waals surface area (Å²) in [6.45, 7) is 0. The lowest BCUT2D eigenvalue weighted by Crippen LogP contribution is -1.85. The van der Waals surface area contributed by atoms with Crippen LogP contribution in [0.4, 0.5) is 8.78 Å². The largest absolute Gasteiger partial charge is 0.265 e. The van der Waals surface area contributed by atoms with Crippen LogP contribution in [0.1, 0.15) is 12.0 Å². The van der Waals surface area contributed by atoms with Crippen molar-refractivity contribution in [3.8, 4) is 0 Å². The molecule has 1 aromatic rings. The molecule has 10 heavy (non-hydrogen) atoms. The first-order chi connectivity index (χ1) is 4.72. The zero-order chi connectivity index (χ0) is 7.56. The van der Waals surface area contributed by atoms with E-state index in [2.05, 4.69) is 11.2 Å². The molecule has 0 N–H and O–H groups in total. The molecule has 1 nitrogen and oxygen atoms in total. The highest BCUT2D eigenvalue weighted by Gasteiger charge is 2.10. The predicted molar refractivity (Wildman–Crippen MR) is 33.0 cm³/mol. The molecule has 0 aliphatic heterocycles. The van der Waals surface area contributed by atoms with Gasteiger partial charge in [-0.05, 0) is 6.07 Å². The number of pyridine rings is 1. The molecule has 0 fully saturated rings. The van der Waals surface area contributed by atoms with Crippen molar-refractivity contribution in [2.45, 2.75) is 6.43 Å². The second-order valence-electron chi connectivity index (χ2n) is 1.63. The average molecular weight is 163 g/mol. The van der Waals surface area contributed by atoms with Crippen LogP contribution in [0.25, 0.3) is 0 Å². The number of alkyl halides is 2. The maximum absolute atomic E-state index is 11.9. The van der Waals surface area contributed by atoms with Crippen LogP contribution < -0.4 is 0 Å². The molecule has 0 saturated carbocycles. The van der Waals surface area contributed by atoms with Crippen LogP contribution in [0, 0.1) is 6.20 Å². The van der Waals surface area contributed by atoms with Crippen molar-refractivity contribution < 1.29 is 8.78 Å². The van der Waals surface area contributed by atoms with Crippen molar-refractivity contribution in [1.29, 1.82) is 0 Å². The molecule has 0 aliphatic carbocycles. The Hall–Kier alpha value is -0.700. The second kappa shape index (κ2) is 2.92. The van der Waals surface area contributed by atoms with E-state index in [9.17, 15) is 8.78 Å². The molecular formula is C6H3ClF2N. The van der Waals surface area contributed by atoms with Gasteiger partial charge in [0.25, 0.3) is 6.43 Å². The van der Waals surface area contributed by atoms with Gasteiger partial charge in [-0.15, -0.1) is 0 Å². The molecule has 1 radical (unpaired) electrons. The van der Waals surface area contributed by atoms with Gasteiger partial charge in [-0.1, -0.05) is 11.6 Å². The Morgan fingerprint density at radius 3 is 2.70 bits per heavy atom. The SMILES string of the molecule is FC(F)c1ccn[c]c1Cl. The summed E-state index contributed by atoms with van der Waals surface area (Å²) in [5.74, 6) is 0. The van der Waals surface area contributed by atoms with Crippen LogP contribution in [-0.4, -0.2) is 4.98 Å². The Morgan fingerprint density at radius 1 is 1.60 bits per heavy atom. The smallest absolute Gasteiger partial charge is 0.253 e. The summed E-state index contributed by atoms with van der Waals surface area (Å²) in [6.07, 6.45) is 0.897. The fourth-order valence-electron chi connectivity index (χ4n) is 0.518. The van der Waals surface area contributed by atoms with Gasteiger partial charge in [-0.3, -0.25) is 4.98 Å². The number of nitrogens with zero attached hydrogens (tertiary/aromatic N) is 1. The van der Waals surface area contributed by atoms with E-state index in [4.69, 9.17) is 11.6 Å². The first-order valence-electron chi connectivity index (χ1n) is 2.52. The van der Waals surface area contributed by atoms with Gasteiger partial charge in [0.15, 0.2) is 0 Å². The molecule has 0 atom stereocenters. The van der Waals surface area contributed by atoms with Crippen LogP contribution in [0.2, 0.25) is 5.02 Å². The van der Waals surface area contributed by atoms with Crippen molar-refractivity contribution in [2.24, 2.45) is 0 Å². The van der Waals surface area contributed by atoms with E-state index in [0.29, 0.717) is 0 Å². The maximum Gasteiger partial charge on any atom is 0.265 e. The quantitative estimate of drug-likeness (QED) is 0.618. The van der Waals surface area contributed by atoms with E-state index in [-0.39, 0.29) is 10.6 Å². The molecular weight excluding hydrogens is 160 g/mol. The van der Waals surface area contributed by atoms with Gasteiger partial charge >= 0.3 is 0 Å². The highest BCUT2D eigenvalue weighted by atomic mass is 35.5. The van der Waals surface area contributed by atoms with Crippen LogP contribution in [-0.2, 0) is 0 Å². The molecule has 0 aliphatic rings. The molecule has 1 aromatic heterocycles. The monoisotopic (exact) mass is 162 g/mol. The van der Waals surface area contributed by atoms with Gasteiger partial charge in [-0.25, -0.2) is 8.78 Å². The van der Waals surface area contributed by atoms with Gasteiger partial charge in [0.2, 0.25) is 0 Å². The molecule has 0 saturated heterocycles. The highest BCUT2D eigenvalue weighted by molar-refractivity contribution is 6.31.